The van der Waals surface area contributed by atoms with Crippen molar-refractivity contribution < 1.29 is 80.2 Å². The van der Waals surface area contributed by atoms with Crippen LogP contribution in [-0.4, -0.2) is 96.7 Å². The molecule has 0 aliphatic carbocycles. The molecule has 0 rings (SSSR count). The van der Waals surface area contributed by atoms with E-state index in [-0.39, 0.29) is 25.7 Å². The first-order valence-corrected chi connectivity index (χ1v) is 44.1. The highest BCUT2D eigenvalue weighted by molar-refractivity contribution is 7.47. The fourth-order valence-corrected chi connectivity index (χ4v) is 12.5. The van der Waals surface area contributed by atoms with Gasteiger partial charge in [-0.05, 0) is 154 Å². The fraction of sp³-hybridized carbons (Fsp3) is 0.741. The van der Waals surface area contributed by atoms with Crippen LogP contribution in [0, 0.1) is 0 Å². The molecule has 17 nitrogen and oxygen atoms in total. The molecule has 19 heteroatoms. The van der Waals surface area contributed by atoms with E-state index < -0.39 is 97.5 Å². The highest BCUT2D eigenvalue weighted by Crippen LogP contribution is 2.45. The molecule has 0 spiro atoms. The zero-order chi connectivity index (χ0) is 76.0. The van der Waals surface area contributed by atoms with E-state index in [1.165, 1.54) is 83.5 Å². The number of hydrogen-bond acceptors (Lipinski definition) is 15. The van der Waals surface area contributed by atoms with Gasteiger partial charge in [-0.2, -0.15) is 0 Å². The molecule has 2 unspecified atom stereocenters. The molecule has 3 N–H and O–H groups in total. The predicted octanol–water partition coefficient (Wildman–Crippen LogP) is 24.1. The Hall–Kier alpha value is -4.28. The van der Waals surface area contributed by atoms with Crippen molar-refractivity contribution in [2.45, 2.75) is 367 Å². The van der Waals surface area contributed by atoms with E-state index in [1.54, 1.807) is 0 Å². The van der Waals surface area contributed by atoms with Crippen molar-refractivity contribution in [3.63, 3.8) is 0 Å². The van der Waals surface area contributed by atoms with E-state index in [2.05, 4.69) is 137 Å². The molecule has 5 atom stereocenters. The molecule has 104 heavy (non-hydrogen) atoms. The molecule has 0 radical (unpaired) electrons. The van der Waals surface area contributed by atoms with Gasteiger partial charge in [0.2, 0.25) is 0 Å². The molecule has 0 aliphatic rings. The molecule has 0 aliphatic heterocycles. The average molecular weight is 1500 g/mol. The summed E-state index contributed by atoms with van der Waals surface area (Å²) in [5.74, 6) is -2.23. The number of aliphatic hydroxyl groups excluding tert-OH is 1. The summed E-state index contributed by atoms with van der Waals surface area (Å²) in [4.78, 5) is 73.1. The van der Waals surface area contributed by atoms with E-state index in [4.69, 9.17) is 37.0 Å². The first-order valence-electron chi connectivity index (χ1n) is 41.1. The van der Waals surface area contributed by atoms with Gasteiger partial charge in [0, 0.05) is 25.7 Å². The number of aliphatic hydroxyl groups is 1. The number of hydrogen-bond donors (Lipinski definition) is 3. The average Bonchev–Trinajstić information content (AvgIpc) is 0.943. The van der Waals surface area contributed by atoms with Gasteiger partial charge < -0.3 is 33.8 Å². The molecular weight excluding hydrogens is 1350 g/mol. The lowest BCUT2D eigenvalue weighted by molar-refractivity contribution is -0.161. The van der Waals surface area contributed by atoms with E-state index in [9.17, 15) is 43.2 Å². The topological polar surface area (TPSA) is 237 Å². The smallest absolute Gasteiger partial charge is 0.462 e. The van der Waals surface area contributed by atoms with E-state index in [1.807, 2.05) is 0 Å². The van der Waals surface area contributed by atoms with Crippen LogP contribution in [0.25, 0.3) is 0 Å². The lowest BCUT2D eigenvalue weighted by Gasteiger charge is -2.21. The number of rotatable bonds is 77. The van der Waals surface area contributed by atoms with E-state index in [0.717, 1.165) is 186 Å². The maximum atomic E-state index is 13.1. The maximum Gasteiger partial charge on any atom is 0.472 e. The Kier molecular flexibility index (Phi) is 73.7. The van der Waals surface area contributed by atoms with Crippen molar-refractivity contribution >= 4 is 39.5 Å². The van der Waals surface area contributed by atoms with E-state index in [0.29, 0.717) is 25.7 Å². The van der Waals surface area contributed by atoms with Gasteiger partial charge in [0.1, 0.15) is 19.3 Å². The van der Waals surface area contributed by atoms with Crippen molar-refractivity contribution in [3.8, 4) is 0 Å². The van der Waals surface area contributed by atoms with Crippen LogP contribution in [0.5, 0.6) is 0 Å². The van der Waals surface area contributed by atoms with Crippen LogP contribution < -0.4 is 0 Å². The fourth-order valence-electron chi connectivity index (χ4n) is 10.9. The highest BCUT2D eigenvalue weighted by Gasteiger charge is 2.30. The van der Waals surface area contributed by atoms with Crippen molar-refractivity contribution in [2.75, 3.05) is 39.6 Å². The molecule has 0 bridgehead atoms. The molecule has 0 saturated heterocycles. The van der Waals surface area contributed by atoms with Gasteiger partial charge in [-0.1, -0.05) is 278 Å². The molecule has 0 fully saturated rings. The number of carbonyl (C=O) groups excluding carboxylic acids is 4. The number of phosphoric ester groups is 2. The van der Waals surface area contributed by atoms with Crippen LogP contribution in [0.15, 0.2) is 109 Å². The van der Waals surface area contributed by atoms with Crippen LogP contribution in [0.2, 0.25) is 0 Å². The summed E-state index contributed by atoms with van der Waals surface area (Å²) in [7, 11) is -9.98. The first-order chi connectivity index (χ1) is 50.7. The third-order valence-corrected chi connectivity index (χ3v) is 19.1. The monoisotopic (exact) mass is 1500 g/mol. The Morgan fingerprint density at radius 1 is 0.279 bits per heavy atom. The van der Waals surface area contributed by atoms with Crippen molar-refractivity contribution in [1.29, 1.82) is 0 Å². The van der Waals surface area contributed by atoms with Crippen LogP contribution in [-0.2, 0) is 65.4 Å². The Morgan fingerprint density at radius 2 is 0.500 bits per heavy atom. The highest BCUT2D eigenvalue weighted by atomic mass is 31.2. The van der Waals surface area contributed by atoms with Crippen molar-refractivity contribution in [1.82, 2.24) is 0 Å². The Labute approximate surface area is 632 Å². The van der Waals surface area contributed by atoms with E-state index >= 15 is 0 Å². The van der Waals surface area contributed by atoms with Gasteiger partial charge in [0.15, 0.2) is 12.2 Å². The summed E-state index contributed by atoms with van der Waals surface area (Å²) in [6, 6.07) is 0. The summed E-state index contributed by atoms with van der Waals surface area (Å²) >= 11 is 0. The molecule has 0 aromatic carbocycles. The molecule has 0 aromatic rings. The second kappa shape index (κ2) is 76.9. The zero-order valence-corrected chi connectivity index (χ0v) is 67.5. The van der Waals surface area contributed by atoms with Gasteiger partial charge in [-0.15, -0.1) is 0 Å². The molecule has 600 valence electrons. The number of ether oxygens (including phenoxy) is 4. The number of esters is 4. The number of allylic oxidation sites excluding steroid dienone is 18. The molecule has 0 heterocycles. The van der Waals surface area contributed by atoms with Crippen LogP contribution in [0.3, 0.4) is 0 Å². The lowest BCUT2D eigenvalue weighted by atomic mass is 10.1. The van der Waals surface area contributed by atoms with Gasteiger partial charge in [0.25, 0.3) is 0 Å². The minimum Gasteiger partial charge on any atom is -0.462 e. The Bertz CT molecular complexity index is 2390. The first kappa shape index (κ1) is 99.7. The van der Waals surface area contributed by atoms with Gasteiger partial charge >= 0.3 is 39.5 Å². The normalized spacial score (nSPS) is 14.4. The summed E-state index contributed by atoms with van der Waals surface area (Å²) in [6.07, 6.45) is 83.4. The minimum absolute atomic E-state index is 0.0533. The minimum atomic E-state index is -4.99. The number of phosphoric acid groups is 2. The second-order valence-electron chi connectivity index (χ2n) is 27.3. The lowest BCUT2D eigenvalue weighted by Crippen LogP contribution is -2.30. The summed E-state index contributed by atoms with van der Waals surface area (Å²) in [5, 5.41) is 10.7. The van der Waals surface area contributed by atoms with Crippen LogP contribution in [0.4, 0.5) is 0 Å². The largest absolute Gasteiger partial charge is 0.472 e. The van der Waals surface area contributed by atoms with Gasteiger partial charge in [-0.25, -0.2) is 9.13 Å². The molecule has 0 saturated carbocycles. The second-order valence-corrected chi connectivity index (χ2v) is 30.2. The molecule has 0 aromatic heterocycles. The molecule has 0 amide bonds. The van der Waals surface area contributed by atoms with Crippen molar-refractivity contribution in [2.24, 2.45) is 0 Å². The Balaban J connectivity index is 5.41. The zero-order valence-electron chi connectivity index (χ0n) is 65.7. The van der Waals surface area contributed by atoms with Crippen LogP contribution >= 0.6 is 15.6 Å². The SMILES string of the molecule is CC/C=C\C/C=C\C/C=C\C/C=C\C/C=C\CCCCCC(=O)O[C@H](COC(=O)CCCCCCC/C=C\CCCCCCCC)COP(=O)(O)OC[C@H](O)COP(=O)(O)OC[C@@H](COC(=O)CCCCCCC/C=C\C/C=C\CCCCC)OC(=O)CCCCCCCCC/C=C\CCCCCC. The number of carbonyl (C=O) groups is 4. The summed E-state index contributed by atoms with van der Waals surface area (Å²) in [6.45, 7) is 4.69. The number of unbranched alkanes of at least 4 members (excludes halogenated alkanes) is 33. The summed E-state index contributed by atoms with van der Waals surface area (Å²) < 4.78 is 68.7. The quantitative estimate of drug-likeness (QED) is 0.0169. The predicted molar refractivity (Wildman–Crippen MR) is 427 cm³/mol. The Morgan fingerprint density at radius 3 is 0.817 bits per heavy atom. The van der Waals surface area contributed by atoms with Gasteiger partial charge in [-0.3, -0.25) is 37.3 Å². The molecular formula is C85H148O17P2. The summed E-state index contributed by atoms with van der Waals surface area (Å²) in [5.41, 5.74) is 0. The van der Waals surface area contributed by atoms with Crippen molar-refractivity contribution in [3.05, 3.63) is 109 Å². The third-order valence-electron chi connectivity index (χ3n) is 17.2. The maximum absolute atomic E-state index is 13.1. The van der Waals surface area contributed by atoms with Crippen LogP contribution in [0.1, 0.15) is 349 Å². The standard InChI is InChI=1S/C85H148O17P2/c1-5-9-13-17-21-25-29-33-37-38-39-40-44-48-52-56-60-64-68-72-85(90)102-81(76-96-83(88)70-66-62-58-54-50-46-42-35-31-27-23-19-15-11-7-3)78-100-104(93,94)98-74-79(86)73-97-103(91,92)99-77-80(101-84(89)71-67-63-59-55-51-47-43-36-32-28-24-20-16-12-8-4)75-95-82(87)69-65-61-57-53-49-45-41-34-30-26-22-18-14-10-6-2/h9,13,21-22,25-26,28,32-35,37,39-42,48,52,79-81,86H,5-8,10-12,14-20,23-24,27,29-31,36,38,43-47,49-51,53-78H2,1-4H3,(H,91,92)(H,93,94)/b13-9-,25-21-,26-22-,32-28-,37-33-,40-39-,41-34-,42-35-,52-48-/t79-,80-,81-/m1/s1. The van der Waals surface area contributed by atoms with Gasteiger partial charge in [0.05, 0.1) is 26.4 Å². The third kappa shape index (κ3) is 75.9.